The number of hydrogen-bond acceptors (Lipinski definition) is 2. The molecule has 0 saturated carbocycles. The van der Waals surface area contributed by atoms with E-state index in [1.54, 1.807) is 30.0 Å². The lowest BCUT2D eigenvalue weighted by Crippen LogP contribution is -2.15. The molecule has 0 fully saturated rings. The molecule has 0 aromatic heterocycles. The normalized spacial score (nSPS) is 10.6. The van der Waals surface area contributed by atoms with Crippen LogP contribution >= 0.6 is 11.8 Å². The molecule has 4 heteroatoms. The number of rotatable bonds is 5. The van der Waals surface area contributed by atoms with E-state index >= 15 is 0 Å². The number of hydrogen-bond donors (Lipinski definition) is 1. The van der Waals surface area contributed by atoms with Crippen LogP contribution in [0.3, 0.4) is 0 Å². The van der Waals surface area contributed by atoms with Crippen molar-refractivity contribution in [2.75, 3.05) is 5.32 Å². The third kappa shape index (κ3) is 4.73. The molecule has 3 aromatic rings. The van der Waals surface area contributed by atoms with Gasteiger partial charge in [-0.15, -0.1) is 0 Å². The lowest BCUT2D eigenvalue weighted by atomic mass is 10.1. The zero-order valence-corrected chi connectivity index (χ0v) is 15.6. The summed E-state index contributed by atoms with van der Waals surface area (Å²) < 4.78 is 13.6. The van der Waals surface area contributed by atoms with Crippen LogP contribution in [0.5, 0.6) is 0 Å². The third-order valence-corrected chi connectivity index (χ3v) is 5.16. The first-order chi connectivity index (χ1) is 12.5. The Kier molecular flexibility index (Phi) is 5.74. The fourth-order valence-electron chi connectivity index (χ4n) is 2.54. The van der Waals surface area contributed by atoms with Crippen LogP contribution in [0.15, 0.2) is 76.5 Å². The van der Waals surface area contributed by atoms with E-state index in [2.05, 4.69) is 37.4 Å². The molecule has 2 nitrogen and oxygen atoms in total. The number of amides is 1. The highest BCUT2D eigenvalue weighted by molar-refractivity contribution is 7.99. The van der Waals surface area contributed by atoms with E-state index in [1.165, 1.54) is 22.1 Å². The van der Waals surface area contributed by atoms with Crippen LogP contribution in [0.4, 0.5) is 10.1 Å². The molecule has 0 radical (unpaired) electrons. The van der Waals surface area contributed by atoms with Gasteiger partial charge in [-0.05, 0) is 73.0 Å². The Morgan fingerprint density at radius 3 is 2.31 bits per heavy atom. The van der Waals surface area contributed by atoms with Gasteiger partial charge in [-0.25, -0.2) is 4.39 Å². The molecular weight excluding hydrogens is 345 g/mol. The molecule has 0 heterocycles. The Bertz CT molecular complexity index is 922. The van der Waals surface area contributed by atoms with Crippen molar-refractivity contribution in [2.45, 2.75) is 30.1 Å². The van der Waals surface area contributed by atoms with Crippen molar-refractivity contribution in [1.29, 1.82) is 0 Å². The summed E-state index contributed by atoms with van der Waals surface area (Å²) in [5, 5.41) is 2.81. The molecule has 1 amide bonds. The van der Waals surface area contributed by atoms with E-state index in [1.807, 2.05) is 24.3 Å². The Balaban J connectivity index is 1.61. The van der Waals surface area contributed by atoms with Crippen LogP contribution in [0.25, 0.3) is 0 Å². The maximum absolute atomic E-state index is 13.6. The average molecular weight is 365 g/mol. The van der Waals surface area contributed by atoms with E-state index in [0.29, 0.717) is 11.3 Å². The van der Waals surface area contributed by atoms with Gasteiger partial charge in [0.1, 0.15) is 5.82 Å². The first-order valence-corrected chi connectivity index (χ1v) is 9.21. The molecular formula is C22H20FNOS. The first kappa shape index (κ1) is 18.2. The second-order valence-corrected chi connectivity index (χ2v) is 7.34. The van der Waals surface area contributed by atoms with E-state index < -0.39 is 0 Å². The number of benzene rings is 3. The van der Waals surface area contributed by atoms with Crippen molar-refractivity contribution in [3.8, 4) is 0 Å². The summed E-state index contributed by atoms with van der Waals surface area (Å²) in [6, 6.07) is 20.4. The van der Waals surface area contributed by atoms with Crippen molar-refractivity contribution < 1.29 is 9.18 Å². The number of anilines is 1. The summed E-state index contributed by atoms with van der Waals surface area (Å²) in [5.74, 6) is -0.590. The van der Waals surface area contributed by atoms with Crippen molar-refractivity contribution in [1.82, 2.24) is 0 Å². The minimum atomic E-state index is -0.359. The molecule has 26 heavy (non-hydrogen) atoms. The average Bonchev–Trinajstić information content (AvgIpc) is 2.62. The van der Waals surface area contributed by atoms with Crippen LogP contribution in [-0.2, 0) is 11.2 Å². The molecule has 0 spiro atoms. The van der Waals surface area contributed by atoms with Crippen LogP contribution in [0, 0.1) is 19.7 Å². The van der Waals surface area contributed by atoms with Gasteiger partial charge in [0.15, 0.2) is 0 Å². The van der Waals surface area contributed by atoms with E-state index in [9.17, 15) is 9.18 Å². The number of nitrogens with one attached hydrogen (secondary N) is 1. The molecule has 0 unspecified atom stereocenters. The summed E-state index contributed by atoms with van der Waals surface area (Å²) in [6.07, 6.45) is 0.0197. The molecule has 0 aliphatic rings. The topological polar surface area (TPSA) is 29.1 Å². The van der Waals surface area contributed by atoms with Gasteiger partial charge >= 0.3 is 0 Å². The smallest absolute Gasteiger partial charge is 0.228 e. The standard InChI is InChI=1S/C22H20FNOS/c1-15-7-10-20(13-16(15)2)26-19-11-8-18(9-12-19)24-22(25)14-17-5-3-4-6-21(17)23/h3-13H,14H2,1-2H3,(H,24,25). The molecule has 0 bridgehead atoms. The minimum Gasteiger partial charge on any atom is -0.326 e. The molecule has 3 aromatic carbocycles. The van der Waals surface area contributed by atoms with Gasteiger partial charge in [0.25, 0.3) is 0 Å². The third-order valence-electron chi connectivity index (χ3n) is 4.16. The van der Waals surface area contributed by atoms with Gasteiger partial charge < -0.3 is 5.32 Å². The second kappa shape index (κ2) is 8.19. The maximum Gasteiger partial charge on any atom is 0.228 e. The highest BCUT2D eigenvalue weighted by atomic mass is 32.2. The van der Waals surface area contributed by atoms with Crippen molar-refractivity contribution in [2.24, 2.45) is 0 Å². The Morgan fingerprint density at radius 2 is 1.62 bits per heavy atom. The van der Waals surface area contributed by atoms with Crippen LogP contribution in [-0.4, -0.2) is 5.91 Å². The molecule has 0 aliphatic heterocycles. The van der Waals surface area contributed by atoms with Crippen LogP contribution in [0.2, 0.25) is 0 Å². The van der Waals surface area contributed by atoms with Gasteiger partial charge in [-0.2, -0.15) is 0 Å². The number of carbonyl (C=O) groups excluding carboxylic acids is 1. The van der Waals surface area contributed by atoms with Crippen molar-refractivity contribution >= 4 is 23.4 Å². The van der Waals surface area contributed by atoms with Gasteiger partial charge in [0.05, 0.1) is 6.42 Å². The molecule has 0 atom stereocenters. The zero-order valence-electron chi connectivity index (χ0n) is 14.8. The molecule has 0 aliphatic carbocycles. The second-order valence-electron chi connectivity index (χ2n) is 6.19. The SMILES string of the molecule is Cc1ccc(Sc2ccc(NC(=O)Cc3ccccc3F)cc2)cc1C. The van der Waals surface area contributed by atoms with E-state index in [0.717, 1.165) is 4.90 Å². The van der Waals surface area contributed by atoms with E-state index in [4.69, 9.17) is 0 Å². The summed E-state index contributed by atoms with van der Waals surface area (Å²) in [7, 11) is 0. The number of carbonyl (C=O) groups is 1. The Hall–Kier alpha value is -2.59. The number of halogens is 1. The lowest BCUT2D eigenvalue weighted by molar-refractivity contribution is -0.115. The first-order valence-electron chi connectivity index (χ1n) is 8.40. The van der Waals surface area contributed by atoms with Gasteiger partial charge in [-0.1, -0.05) is 36.0 Å². The van der Waals surface area contributed by atoms with Crippen LogP contribution < -0.4 is 5.32 Å². The number of aryl methyl sites for hydroxylation is 2. The Labute approximate surface area is 157 Å². The minimum absolute atomic E-state index is 0.0197. The summed E-state index contributed by atoms with van der Waals surface area (Å²) in [4.78, 5) is 14.4. The van der Waals surface area contributed by atoms with Crippen LogP contribution in [0.1, 0.15) is 16.7 Å². The largest absolute Gasteiger partial charge is 0.326 e. The monoisotopic (exact) mass is 365 g/mol. The van der Waals surface area contributed by atoms with Gasteiger partial charge in [0, 0.05) is 15.5 Å². The van der Waals surface area contributed by atoms with E-state index in [-0.39, 0.29) is 18.1 Å². The highest BCUT2D eigenvalue weighted by Gasteiger charge is 2.08. The highest BCUT2D eigenvalue weighted by Crippen LogP contribution is 2.29. The van der Waals surface area contributed by atoms with Crippen molar-refractivity contribution in [3.05, 3.63) is 89.2 Å². The Morgan fingerprint density at radius 1 is 0.923 bits per heavy atom. The lowest BCUT2D eigenvalue weighted by Gasteiger charge is -2.08. The zero-order chi connectivity index (χ0) is 18.5. The maximum atomic E-state index is 13.6. The molecule has 3 rings (SSSR count). The fourth-order valence-corrected chi connectivity index (χ4v) is 3.46. The molecule has 1 N–H and O–H groups in total. The predicted octanol–water partition coefficient (Wildman–Crippen LogP) is 5.77. The molecule has 132 valence electrons. The summed E-state index contributed by atoms with van der Waals surface area (Å²) >= 11 is 1.68. The molecule has 0 saturated heterocycles. The summed E-state index contributed by atoms with van der Waals surface area (Å²) in [5.41, 5.74) is 3.65. The van der Waals surface area contributed by atoms with Gasteiger partial charge in [0.2, 0.25) is 5.91 Å². The van der Waals surface area contributed by atoms with Crippen molar-refractivity contribution in [3.63, 3.8) is 0 Å². The predicted molar refractivity (Wildman–Crippen MR) is 105 cm³/mol. The quantitative estimate of drug-likeness (QED) is 0.621. The van der Waals surface area contributed by atoms with Gasteiger partial charge in [-0.3, -0.25) is 4.79 Å². The fraction of sp³-hybridized carbons (Fsp3) is 0.136. The summed E-state index contributed by atoms with van der Waals surface area (Å²) in [6.45, 7) is 4.20.